The van der Waals surface area contributed by atoms with Crippen molar-refractivity contribution >= 4 is 17.7 Å². The van der Waals surface area contributed by atoms with Crippen LogP contribution < -0.4 is 4.74 Å². The second kappa shape index (κ2) is 7.45. The zero-order valence-corrected chi connectivity index (χ0v) is 16.4. The summed E-state index contributed by atoms with van der Waals surface area (Å²) < 4.78 is 12.0. The van der Waals surface area contributed by atoms with Gasteiger partial charge in [0.05, 0.1) is 18.5 Å². The molecule has 0 aliphatic heterocycles. The highest BCUT2D eigenvalue weighted by Gasteiger charge is 2.23. The highest BCUT2D eigenvalue weighted by Crippen LogP contribution is 2.29. The largest absolute Gasteiger partial charge is 0.497 e. The second-order valence-corrected chi connectivity index (χ2v) is 7.48. The second-order valence-electron chi connectivity index (χ2n) is 7.04. The van der Waals surface area contributed by atoms with Crippen LogP contribution in [0, 0.1) is 0 Å². The molecule has 5 nitrogen and oxygen atoms in total. The molecule has 0 radical (unpaired) electrons. The van der Waals surface area contributed by atoms with Crippen molar-refractivity contribution in [2.45, 2.75) is 26.4 Å². The number of methoxy groups -OCH3 is 1. The van der Waals surface area contributed by atoms with Crippen molar-refractivity contribution in [2.75, 3.05) is 7.11 Å². The fourth-order valence-corrected chi connectivity index (χ4v) is 2.68. The Bertz CT molecular complexity index is 939. The standard InChI is InChI=1S/C21H21ClN2O3/c1-21(2,3)27-20(25)24-19(15-5-9-16(22)10-6-15)13-18(23-24)14-7-11-17(26-4)12-8-14/h5-13H,1-4H3. The van der Waals surface area contributed by atoms with E-state index in [4.69, 9.17) is 21.1 Å². The van der Waals surface area contributed by atoms with Crippen LogP contribution in [0.2, 0.25) is 5.02 Å². The van der Waals surface area contributed by atoms with Gasteiger partial charge in [0.1, 0.15) is 11.4 Å². The van der Waals surface area contributed by atoms with Crippen LogP contribution in [0.15, 0.2) is 54.6 Å². The Balaban J connectivity index is 2.07. The van der Waals surface area contributed by atoms with Crippen LogP contribution in [0.1, 0.15) is 20.8 Å². The van der Waals surface area contributed by atoms with E-state index in [1.54, 1.807) is 19.2 Å². The Kier molecular flexibility index (Phi) is 5.24. The topological polar surface area (TPSA) is 53.4 Å². The van der Waals surface area contributed by atoms with Gasteiger partial charge < -0.3 is 9.47 Å². The summed E-state index contributed by atoms with van der Waals surface area (Å²) in [6, 6.07) is 16.6. The van der Waals surface area contributed by atoms with Gasteiger partial charge in [0.25, 0.3) is 0 Å². The lowest BCUT2D eigenvalue weighted by atomic mass is 10.1. The van der Waals surface area contributed by atoms with E-state index in [0.29, 0.717) is 16.4 Å². The average molecular weight is 385 g/mol. The highest BCUT2D eigenvalue weighted by atomic mass is 35.5. The molecule has 0 aliphatic rings. The number of benzene rings is 2. The Morgan fingerprint density at radius 3 is 2.15 bits per heavy atom. The minimum absolute atomic E-state index is 0.535. The van der Waals surface area contributed by atoms with Crippen LogP contribution in [0.4, 0.5) is 4.79 Å². The molecule has 0 N–H and O–H groups in total. The first-order valence-electron chi connectivity index (χ1n) is 8.50. The Morgan fingerprint density at radius 2 is 1.59 bits per heavy atom. The van der Waals surface area contributed by atoms with Gasteiger partial charge in [-0.05, 0) is 63.2 Å². The minimum Gasteiger partial charge on any atom is -0.497 e. The van der Waals surface area contributed by atoms with Crippen molar-refractivity contribution in [3.63, 3.8) is 0 Å². The first kappa shape index (κ1) is 19.0. The van der Waals surface area contributed by atoms with Crippen LogP contribution in [0.5, 0.6) is 5.75 Å². The normalized spacial score (nSPS) is 11.3. The van der Waals surface area contributed by atoms with Crippen LogP contribution >= 0.6 is 11.6 Å². The fourth-order valence-electron chi connectivity index (χ4n) is 2.55. The molecule has 0 amide bonds. The summed E-state index contributed by atoms with van der Waals surface area (Å²) >= 11 is 5.99. The smallest absolute Gasteiger partial charge is 0.435 e. The number of halogens is 1. The zero-order chi connectivity index (χ0) is 19.6. The Hall–Kier alpha value is -2.79. The van der Waals surface area contributed by atoms with Gasteiger partial charge >= 0.3 is 6.09 Å². The summed E-state index contributed by atoms with van der Waals surface area (Å²) in [6.45, 7) is 5.46. The number of nitrogens with zero attached hydrogens (tertiary/aromatic N) is 2. The molecule has 27 heavy (non-hydrogen) atoms. The van der Waals surface area contributed by atoms with Crippen LogP contribution in [-0.2, 0) is 4.74 Å². The molecule has 3 aromatic rings. The lowest BCUT2D eigenvalue weighted by Gasteiger charge is -2.19. The number of aromatic nitrogens is 2. The lowest BCUT2D eigenvalue weighted by Crippen LogP contribution is -2.28. The van der Waals surface area contributed by atoms with Gasteiger partial charge in [-0.1, -0.05) is 23.7 Å². The van der Waals surface area contributed by atoms with Crippen LogP contribution in [0.25, 0.3) is 22.5 Å². The molecular weight excluding hydrogens is 364 g/mol. The number of rotatable bonds is 3. The molecule has 1 heterocycles. The molecule has 0 unspecified atom stereocenters. The number of carbonyl (C=O) groups excluding carboxylic acids is 1. The third-order valence-corrected chi connectivity index (χ3v) is 4.05. The first-order chi connectivity index (χ1) is 12.8. The van der Waals surface area contributed by atoms with Gasteiger partial charge in [-0.2, -0.15) is 9.78 Å². The summed E-state index contributed by atoms with van der Waals surface area (Å²) in [5, 5.41) is 5.11. The van der Waals surface area contributed by atoms with E-state index in [1.165, 1.54) is 4.68 Å². The molecule has 0 spiro atoms. The van der Waals surface area contributed by atoms with Gasteiger partial charge in [-0.15, -0.1) is 0 Å². The third kappa shape index (κ3) is 4.49. The van der Waals surface area contributed by atoms with E-state index in [2.05, 4.69) is 5.10 Å². The monoisotopic (exact) mass is 384 g/mol. The third-order valence-electron chi connectivity index (χ3n) is 3.80. The van der Waals surface area contributed by atoms with Gasteiger partial charge in [0.15, 0.2) is 0 Å². The van der Waals surface area contributed by atoms with E-state index >= 15 is 0 Å². The molecule has 0 bridgehead atoms. The van der Waals surface area contributed by atoms with E-state index in [1.807, 2.05) is 63.2 Å². The minimum atomic E-state index is -0.624. The molecule has 3 rings (SSSR count). The van der Waals surface area contributed by atoms with E-state index in [-0.39, 0.29) is 0 Å². The predicted molar refractivity (Wildman–Crippen MR) is 106 cm³/mol. The van der Waals surface area contributed by atoms with Crippen LogP contribution in [-0.4, -0.2) is 28.6 Å². The van der Waals surface area contributed by atoms with E-state index in [0.717, 1.165) is 16.9 Å². The summed E-state index contributed by atoms with van der Waals surface area (Å²) in [4.78, 5) is 12.7. The molecule has 140 valence electrons. The molecule has 2 aromatic carbocycles. The Morgan fingerprint density at radius 1 is 1.00 bits per heavy atom. The highest BCUT2D eigenvalue weighted by molar-refractivity contribution is 6.30. The van der Waals surface area contributed by atoms with Crippen molar-refractivity contribution in [1.82, 2.24) is 9.78 Å². The van der Waals surface area contributed by atoms with Crippen LogP contribution in [0.3, 0.4) is 0 Å². The maximum absolute atomic E-state index is 12.7. The van der Waals surface area contributed by atoms with Gasteiger partial charge in [-0.25, -0.2) is 4.79 Å². The quantitative estimate of drug-likeness (QED) is 0.584. The molecule has 0 saturated carbocycles. The SMILES string of the molecule is COc1ccc(-c2cc(-c3ccc(Cl)cc3)n(C(=O)OC(C)(C)C)n2)cc1. The first-order valence-corrected chi connectivity index (χ1v) is 8.88. The molecule has 0 saturated heterocycles. The fraction of sp³-hybridized carbons (Fsp3) is 0.238. The maximum atomic E-state index is 12.7. The van der Waals surface area contributed by atoms with Crippen molar-refractivity contribution in [1.29, 1.82) is 0 Å². The number of hydrogen-bond donors (Lipinski definition) is 0. The molecule has 6 heteroatoms. The molecule has 0 aliphatic carbocycles. The predicted octanol–water partition coefficient (Wildman–Crippen LogP) is 5.66. The summed E-state index contributed by atoms with van der Waals surface area (Å²) in [5.41, 5.74) is 2.35. The number of hydrogen-bond acceptors (Lipinski definition) is 4. The zero-order valence-electron chi connectivity index (χ0n) is 15.7. The van der Waals surface area contributed by atoms with Crippen molar-refractivity contribution < 1.29 is 14.3 Å². The van der Waals surface area contributed by atoms with Gasteiger partial charge in [0, 0.05) is 16.1 Å². The number of ether oxygens (including phenoxy) is 2. The van der Waals surface area contributed by atoms with E-state index < -0.39 is 11.7 Å². The van der Waals surface area contributed by atoms with E-state index in [9.17, 15) is 4.79 Å². The summed E-state index contributed by atoms with van der Waals surface area (Å²) in [5.74, 6) is 0.753. The van der Waals surface area contributed by atoms with Crippen molar-refractivity contribution in [2.24, 2.45) is 0 Å². The molecule has 1 aromatic heterocycles. The molecule has 0 atom stereocenters. The lowest BCUT2D eigenvalue weighted by molar-refractivity contribution is 0.0518. The van der Waals surface area contributed by atoms with Gasteiger partial charge in [0.2, 0.25) is 0 Å². The van der Waals surface area contributed by atoms with Crippen molar-refractivity contribution in [3.05, 3.63) is 59.6 Å². The van der Waals surface area contributed by atoms with Crippen molar-refractivity contribution in [3.8, 4) is 28.3 Å². The average Bonchev–Trinajstić information content (AvgIpc) is 3.06. The Labute approximate surface area is 163 Å². The van der Waals surface area contributed by atoms with Gasteiger partial charge in [-0.3, -0.25) is 0 Å². The molecular formula is C21H21ClN2O3. The number of carbonyl (C=O) groups is 1. The summed E-state index contributed by atoms with van der Waals surface area (Å²) in [6.07, 6.45) is -0.535. The maximum Gasteiger partial charge on any atom is 0.435 e. The molecule has 0 fully saturated rings. The summed E-state index contributed by atoms with van der Waals surface area (Å²) in [7, 11) is 1.62.